The number of rotatable bonds is 0. The maximum atomic E-state index is 9.62. The lowest BCUT2D eigenvalue weighted by molar-refractivity contribution is -0.135. The smallest absolute Gasteiger partial charge is 0.356 e. The number of carboxylic acid groups (broad SMARTS) is 1. The standard InChI is InChI=1S/C2HCl3O2.H3N/c3-2(4,5)1(6)7;/h(H,6,7);1H3/p+1. The average molecular weight is 181 g/mol. The highest BCUT2D eigenvalue weighted by molar-refractivity contribution is 6.75. The molecular weight excluding hydrogens is 176 g/mol. The lowest BCUT2D eigenvalue weighted by Crippen LogP contribution is -2.16. The van der Waals surface area contributed by atoms with Crippen molar-refractivity contribution in [3.63, 3.8) is 0 Å². The van der Waals surface area contributed by atoms with Crippen molar-refractivity contribution in [1.82, 2.24) is 6.15 Å². The number of quaternary nitrogens is 1. The molecule has 50 valence electrons. The maximum Gasteiger partial charge on any atom is 0.356 e. The van der Waals surface area contributed by atoms with Gasteiger partial charge >= 0.3 is 5.97 Å². The lowest BCUT2D eigenvalue weighted by atomic mass is 10.8. The molecule has 0 fully saturated rings. The van der Waals surface area contributed by atoms with E-state index in [9.17, 15) is 4.79 Å². The van der Waals surface area contributed by atoms with Crippen LogP contribution in [0.3, 0.4) is 0 Å². The molecule has 5 N–H and O–H groups in total. The predicted octanol–water partition coefficient (Wildman–Crippen LogP) is 1.82. The minimum Gasteiger partial charge on any atom is -0.478 e. The van der Waals surface area contributed by atoms with Gasteiger partial charge in [0.1, 0.15) is 0 Å². The van der Waals surface area contributed by atoms with Gasteiger partial charge in [0.2, 0.25) is 0 Å². The highest BCUT2D eigenvalue weighted by Crippen LogP contribution is 2.25. The molecule has 0 aromatic rings. The molecule has 0 aliphatic carbocycles. The summed E-state index contributed by atoms with van der Waals surface area (Å²) in [5.74, 6) is -1.46. The molecule has 0 saturated heterocycles. The van der Waals surface area contributed by atoms with E-state index in [1.807, 2.05) is 0 Å². The second kappa shape index (κ2) is 3.35. The largest absolute Gasteiger partial charge is 0.478 e. The number of aliphatic carboxylic acids is 1. The number of hydrogen-bond donors (Lipinski definition) is 2. The van der Waals surface area contributed by atoms with E-state index in [2.05, 4.69) is 0 Å². The minimum atomic E-state index is -2.17. The molecule has 6 heteroatoms. The number of halogens is 3. The van der Waals surface area contributed by atoms with Crippen LogP contribution < -0.4 is 6.15 Å². The van der Waals surface area contributed by atoms with Crippen molar-refractivity contribution in [3.8, 4) is 0 Å². The first-order valence-corrected chi connectivity index (χ1v) is 2.38. The van der Waals surface area contributed by atoms with Gasteiger partial charge in [-0.25, -0.2) is 4.79 Å². The van der Waals surface area contributed by atoms with E-state index in [0.717, 1.165) is 0 Å². The fraction of sp³-hybridized carbons (Fsp3) is 0.500. The third-order valence-corrected chi connectivity index (χ3v) is 0.728. The Hall–Kier alpha value is 0.300. The van der Waals surface area contributed by atoms with E-state index in [0.29, 0.717) is 0 Å². The van der Waals surface area contributed by atoms with Crippen LogP contribution in [-0.2, 0) is 4.79 Å². The molecule has 0 bridgehead atoms. The summed E-state index contributed by atoms with van der Waals surface area (Å²) in [7, 11) is 0. The predicted molar refractivity (Wildman–Crippen MR) is 33.9 cm³/mol. The summed E-state index contributed by atoms with van der Waals surface area (Å²) >= 11 is 14.4. The molecule has 0 radical (unpaired) electrons. The summed E-state index contributed by atoms with van der Waals surface area (Å²) in [4.78, 5) is 9.62. The molecule has 0 unspecified atom stereocenters. The van der Waals surface area contributed by atoms with Gasteiger partial charge in [-0.05, 0) is 0 Å². The SMILES string of the molecule is O=C(O)C(Cl)(Cl)Cl.[NH4+]. The summed E-state index contributed by atoms with van der Waals surface area (Å²) in [6.45, 7) is 0. The zero-order valence-corrected chi connectivity index (χ0v) is 6.26. The van der Waals surface area contributed by atoms with E-state index < -0.39 is 9.76 Å². The lowest BCUT2D eigenvalue weighted by Gasteiger charge is -1.99. The third-order valence-electron chi connectivity index (χ3n) is 0.243. The van der Waals surface area contributed by atoms with Crippen molar-refractivity contribution in [2.45, 2.75) is 3.79 Å². The van der Waals surface area contributed by atoms with Crippen LogP contribution in [0.5, 0.6) is 0 Å². The Balaban J connectivity index is 0. The first kappa shape index (κ1) is 11.1. The minimum absolute atomic E-state index is 0. The van der Waals surface area contributed by atoms with Gasteiger partial charge in [-0.2, -0.15) is 0 Å². The summed E-state index contributed by atoms with van der Waals surface area (Å²) < 4.78 is -2.17. The highest BCUT2D eigenvalue weighted by Gasteiger charge is 2.29. The van der Waals surface area contributed by atoms with Crippen molar-refractivity contribution in [2.24, 2.45) is 0 Å². The summed E-state index contributed by atoms with van der Waals surface area (Å²) in [6, 6.07) is 0. The van der Waals surface area contributed by atoms with E-state index in [1.54, 1.807) is 0 Å². The summed E-state index contributed by atoms with van der Waals surface area (Å²) in [6.07, 6.45) is 0. The Kier molecular flexibility index (Phi) is 4.67. The van der Waals surface area contributed by atoms with Crippen molar-refractivity contribution in [3.05, 3.63) is 0 Å². The van der Waals surface area contributed by atoms with Crippen molar-refractivity contribution >= 4 is 40.8 Å². The molecule has 0 rings (SSSR count). The Morgan fingerprint density at radius 1 is 1.38 bits per heavy atom. The van der Waals surface area contributed by atoms with Crippen molar-refractivity contribution < 1.29 is 9.90 Å². The molecular formula is C2H5Cl3NO2+. The molecule has 0 heterocycles. The van der Waals surface area contributed by atoms with Gasteiger partial charge in [0, 0.05) is 0 Å². The molecule has 0 amide bonds. The number of carboxylic acids is 1. The Labute approximate surface area is 61.1 Å². The van der Waals surface area contributed by atoms with Gasteiger partial charge in [0.25, 0.3) is 3.79 Å². The molecule has 8 heavy (non-hydrogen) atoms. The molecule has 0 aromatic carbocycles. The van der Waals surface area contributed by atoms with Gasteiger partial charge in [-0.1, -0.05) is 34.8 Å². The molecule has 0 aliphatic rings. The van der Waals surface area contributed by atoms with Crippen LogP contribution in [0.25, 0.3) is 0 Å². The van der Waals surface area contributed by atoms with Crippen LogP contribution in [-0.4, -0.2) is 14.9 Å². The van der Waals surface area contributed by atoms with Gasteiger partial charge in [0.05, 0.1) is 0 Å². The number of carbonyl (C=O) groups is 1. The molecule has 0 aromatic heterocycles. The Bertz CT molecular complexity index is 87.8. The zero-order chi connectivity index (χ0) is 6.08. The fourth-order valence-electron chi connectivity index (χ4n) is 0. The van der Waals surface area contributed by atoms with E-state index >= 15 is 0 Å². The highest BCUT2D eigenvalue weighted by atomic mass is 35.6. The fourth-order valence-corrected chi connectivity index (χ4v) is 0. The van der Waals surface area contributed by atoms with Crippen LogP contribution in [0.1, 0.15) is 0 Å². The van der Waals surface area contributed by atoms with Crippen LogP contribution >= 0.6 is 34.8 Å². The van der Waals surface area contributed by atoms with Gasteiger partial charge in [-0.3, -0.25) is 0 Å². The number of alkyl halides is 3. The molecule has 0 atom stereocenters. The van der Waals surface area contributed by atoms with E-state index in [-0.39, 0.29) is 6.15 Å². The first-order chi connectivity index (χ1) is 2.94. The van der Waals surface area contributed by atoms with Gasteiger partial charge < -0.3 is 11.3 Å². The van der Waals surface area contributed by atoms with Crippen LogP contribution in [0.15, 0.2) is 0 Å². The van der Waals surface area contributed by atoms with Crippen LogP contribution in [0, 0.1) is 0 Å². The summed E-state index contributed by atoms with van der Waals surface area (Å²) in [5.41, 5.74) is 0. The molecule has 0 spiro atoms. The van der Waals surface area contributed by atoms with Gasteiger partial charge in [-0.15, -0.1) is 0 Å². The second-order valence-electron chi connectivity index (χ2n) is 0.803. The molecule has 3 nitrogen and oxygen atoms in total. The third kappa shape index (κ3) is 4.46. The monoisotopic (exact) mass is 180 g/mol. The van der Waals surface area contributed by atoms with Gasteiger partial charge in [0.15, 0.2) is 0 Å². The van der Waals surface area contributed by atoms with E-state index in [4.69, 9.17) is 39.9 Å². The Morgan fingerprint density at radius 3 is 1.50 bits per heavy atom. The molecule has 0 aliphatic heterocycles. The topological polar surface area (TPSA) is 73.8 Å². The van der Waals surface area contributed by atoms with Crippen molar-refractivity contribution in [2.75, 3.05) is 0 Å². The van der Waals surface area contributed by atoms with Crippen LogP contribution in [0.2, 0.25) is 0 Å². The quantitative estimate of drug-likeness (QED) is 0.559. The molecule has 0 saturated carbocycles. The number of hydrogen-bond acceptors (Lipinski definition) is 1. The first-order valence-electron chi connectivity index (χ1n) is 1.24. The Morgan fingerprint density at radius 2 is 1.50 bits per heavy atom. The second-order valence-corrected chi connectivity index (χ2v) is 3.08. The average Bonchev–Trinajstić information content (AvgIpc) is 1.31. The van der Waals surface area contributed by atoms with E-state index in [1.165, 1.54) is 0 Å². The van der Waals surface area contributed by atoms with Crippen LogP contribution in [0.4, 0.5) is 0 Å². The normalized spacial score (nSPS) is 9.88. The zero-order valence-electron chi connectivity index (χ0n) is 3.99. The summed E-state index contributed by atoms with van der Waals surface area (Å²) in [5, 5.41) is 7.85. The maximum absolute atomic E-state index is 9.62. The van der Waals surface area contributed by atoms with Crippen molar-refractivity contribution in [1.29, 1.82) is 0 Å².